The minimum atomic E-state index is -0.887. The van der Waals surface area contributed by atoms with Crippen LogP contribution in [0.5, 0.6) is 0 Å². The fourth-order valence-corrected chi connectivity index (χ4v) is 7.65. The van der Waals surface area contributed by atoms with Crippen molar-refractivity contribution in [2.45, 2.75) is 25.3 Å². The lowest BCUT2D eigenvalue weighted by Crippen LogP contribution is -2.23. The van der Waals surface area contributed by atoms with Crippen LogP contribution in [-0.2, 0) is 4.12 Å². The van der Waals surface area contributed by atoms with E-state index >= 15 is 0 Å². The van der Waals surface area contributed by atoms with E-state index in [2.05, 4.69) is 19.6 Å². The molecule has 0 aliphatic rings. The molecule has 0 heterocycles. The normalized spacial score (nSPS) is 15.7. The van der Waals surface area contributed by atoms with Crippen LogP contribution in [0.15, 0.2) is 0 Å². The van der Waals surface area contributed by atoms with E-state index < -0.39 is 27.8 Å². The summed E-state index contributed by atoms with van der Waals surface area (Å²) in [7, 11) is -2.39. The average Bonchev–Trinajstić information content (AvgIpc) is 1.63. The predicted octanol–water partition coefficient (Wildman–Crippen LogP) is -0.626. The van der Waals surface area contributed by atoms with E-state index in [4.69, 9.17) is 8.91 Å². The van der Waals surface area contributed by atoms with Crippen molar-refractivity contribution in [3.8, 4) is 0 Å². The maximum Gasteiger partial charge on any atom is 0.158 e. The summed E-state index contributed by atoms with van der Waals surface area (Å²) in [5.74, 6) is 0. The maximum atomic E-state index is 8.66. The van der Waals surface area contributed by atoms with Gasteiger partial charge in [-0.15, -0.1) is 0 Å². The molecule has 0 aromatic rings. The van der Waals surface area contributed by atoms with Crippen molar-refractivity contribution in [3.05, 3.63) is 0 Å². The van der Waals surface area contributed by atoms with Crippen molar-refractivity contribution in [2.75, 3.05) is 0 Å². The second kappa shape index (κ2) is 5.36. The molecule has 0 bridgehead atoms. The molecule has 1 N–H and O–H groups in total. The molecule has 0 amide bonds. The van der Waals surface area contributed by atoms with Crippen LogP contribution >= 0.6 is 0 Å². The summed E-state index contributed by atoms with van der Waals surface area (Å²) >= 11 is 0. The van der Waals surface area contributed by atoms with E-state index in [1.807, 2.05) is 0 Å². The fourth-order valence-electron chi connectivity index (χ4n) is 0.714. The molecule has 1 unspecified atom stereocenters. The van der Waals surface area contributed by atoms with E-state index in [1.165, 1.54) is 0 Å². The smallest absolute Gasteiger partial charge is 0.158 e. The minimum Gasteiger partial charge on any atom is -0.461 e. The Bertz CT molecular complexity index is 68.8. The quantitative estimate of drug-likeness (QED) is 0.584. The Balaban J connectivity index is 3.15. The molecular weight excluding hydrogens is 164 g/mol. The van der Waals surface area contributed by atoms with Crippen LogP contribution in [0.2, 0.25) is 25.3 Å². The molecule has 1 atom stereocenters. The van der Waals surface area contributed by atoms with E-state index in [0.717, 1.165) is 5.67 Å². The highest BCUT2D eigenvalue weighted by atomic mass is 28.4. The van der Waals surface area contributed by atoms with Gasteiger partial charge in [-0.25, -0.2) is 0 Å². The average molecular weight is 180 g/mol. The topological polar surface area (TPSA) is 29.5 Å². The summed E-state index contributed by atoms with van der Waals surface area (Å²) in [5.41, 5.74) is 1.05. The highest BCUT2D eigenvalue weighted by Gasteiger charge is 2.05. The lowest BCUT2D eigenvalue weighted by molar-refractivity contribution is 0.586. The second-order valence-electron chi connectivity index (χ2n) is 2.51. The Morgan fingerprint density at radius 3 is 2.33 bits per heavy atom. The van der Waals surface area contributed by atoms with Gasteiger partial charge in [0.1, 0.15) is 0 Å². The van der Waals surface area contributed by atoms with E-state index in [9.17, 15) is 0 Å². The zero-order valence-electron chi connectivity index (χ0n) is 6.42. The van der Waals surface area contributed by atoms with Crippen LogP contribution in [0.3, 0.4) is 0 Å². The molecule has 0 rings (SSSR count). The highest BCUT2D eigenvalue weighted by Crippen LogP contribution is 1.94. The standard InChI is InChI=1S/C4H16O2Si3/c1-8(2)6-9(3)4-7-5/h5,8-9H,4,7H2,1-3H3. The van der Waals surface area contributed by atoms with Crippen molar-refractivity contribution in [3.63, 3.8) is 0 Å². The van der Waals surface area contributed by atoms with Gasteiger partial charge in [0.2, 0.25) is 0 Å². The Morgan fingerprint density at radius 1 is 1.44 bits per heavy atom. The van der Waals surface area contributed by atoms with Crippen LogP contribution in [0.4, 0.5) is 0 Å². The Labute approximate surface area is 62.6 Å². The maximum absolute atomic E-state index is 8.66. The lowest BCUT2D eigenvalue weighted by atomic mass is 11.8. The van der Waals surface area contributed by atoms with Crippen LogP contribution in [0.25, 0.3) is 0 Å². The third kappa shape index (κ3) is 6.46. The molecule has 0 aromatic carbocycles. The molecule has 0 fully saturated rings. The molecule has 0 aliphatic carbocycles. The number of hydrogen-bond acceptors (Lipinski definition) is 2. The van der Waals surface area contributed by atoms with E-state index in [1.54, 1.807) is 0 Å². The van der Waals surface area contributed by atoms with E-state index in [-0.39, 0.29) is 0 Å². The van der Waals surface area contributed by atoms with E-state index in [0.29, 0.717) is 0 Å². The first-order valence-corrected chi connectivity index (χ1v) is 10.3. The molecule has 5 heteroatoms. The summed E-state index contributed by atoms with van der Waals surface area (Å²) in [4.78, 5) is 8.66. The van der Waals surface area contributed by atoms with Crippen molar-refractivity contribution >= 4 is 27.8 Å². The molecule has 0 radical (unpaired) electrons. The van der Waals surface area contributed by atoms with Gasteiger partial charge in [0.25, 0.3) is 0 Å². The zero-order valence-corrected chi connectivity index (χ0v) is 10.1. The largest absolute Gasteiger partial charge is 0.461 e. The summed E-state index contributed by atoms with van der Waals surface area (Å²) in [6, 6.07) is 0. The van der Waals surface area contributed by atoms with Crippen LogP contribution < -0.4 is 0 Å². The third-order valence-corrected chi connectivity index (χ3v) is 9.36. The van der Waals surface area contributed by atoms with Crippen molar-refractivity contribution in [1.82, 2.24) is 0 Å². The van der Waals surface area contributed by atoms with Crippen LogP contribution in [-0.4, -0.2) is 32.6 Å². The first kappa shape index (κ1) is 9.57. The van der Waals surface area contributed by atoms with Gasteiger partial charge in [-0.2, -0.15) is 0 Å². The number of hydrogen-bond donors (Lipinski definition) is 1. The monoisotopic (exact) mass is 180 g/mol. The zero-order chi connectivity index (χ0) is 7.28. The molecule has 0 spiro atoms. The molecule has 0 aromatic heterocycles. The van der Waals surface area contributed by atoms with Crippen molar-refractivity contribution in [2.24, 2.45) is 0 Å². The lowest BCUT2D eigenvalue weighted by Gasteiger charge is -2.12. The van der Waals surface area contributed by atoms with Gasteiger partial charge >= 0.3 is 0 Å². The van der Waals surface area contributed by atoms with Gasteiger partial charge < -0.3 is 8.91 Å². The molecule has 0 saturated carbocycles. The minimum absolute atomic E-state index is 0.717. The van der Waals surface area contributed by atoms with Crippen molar-refractivity contribution in [1.29, 1.82) is 0 Å². The number of rotatable bonds is 4. The molecule has 0 saturated heterocycles. The first-order valence-electron chi connectivity index (χ1n) is 3.43. The molecule has 0 aliphatic heterocycles. The third-order valence-electron chi connectivity index (χ3n) is 1.04. The molecule has 9 heavy (non-hydrogen) atoms. The fraction of sp³-hybridized carbons (Fsp3) is 1.00. The van der Waals surface area contributed by atoms with Crippen LogP contribution in [0, 0.1) is 0 Å². The van der Waals surface area contributed by atoms with Crippen molar-refractivity contribution < 1.29 is 8.91 Å². The summed E-state index contributed by atoms with van der Waals surface area (Å²) in [6.07, 6.45) is 0. The van der Waals surface area contributed by atoms with Gasteiger partial charge in [-0.1, -0.05) is 0 Å². The predicted molar refractivity (Wildman–Crippen MR) is 48.5 cm³/mol. The second-order valence-corrected chi connectivity index (χ2v) is 10.1. The van der Waals surface area contributed by atoms with Crippen LogP contribution in [0.1, 0.15) is 0 Å². The van der Waals surface area contributed by atoms with Gasteiger partial charge in [-0.3, -0.25) is 0 Å². The Morgan fingerprint density at radius 2 is 2.00 bits per heavy atom. The highest BCUT2D eigenvalue weighted by molar-refractivity contribution is 6.69. The van der Waals surface area contributed by atoms with Gasteiger partial charge in [0.15, 0.2) is 27.8 Å². The molecular formula is C4H16O2Si3. The summed E-state index contributed by atoms with van der Waals surface area (Å²) < 4.78 is 5.64. The SMILES string of the molecule is C[SiH](C)O[SiH](C)C[SiH2]O. The Hall–Kier alpha value is 0.571. The Kier molecular flexibility index (Phi) is 5.70. The first-order chi connectivity index (χ1) is 4.16. The van der Waals surface area contributed by atoms with Gasteiger partial charge in [-0.05, 0) is 25.3 Å². The summed E-state index contributed by atoms with van der Waals surface area (Å²) in [6.45, 7) is 6.54. The molecule has 56 valence electrons. The van der Waals surface area contributed by atoms with Gasteiger partial charge in [0.05, 0.1) is 0 Å². The molecule has 2 nitrogen and oxygen atoms in total. The van der Waals surface area contributed by atoms with Gasteiger partial charge in [0, 0.05) is 0 Å². The summed E-state index contributed by atoms with van der Waals surface area (Å²) in [5, 5.41) is 0.